The smallest absolute Gasteiger partial charge is 0.308 e. The number of nitrogens with zero attached hydrogens (tertiary/aromatic N) is 1. The Balaban J connectivity index is 2.11. The molecular formula is C16H21NO4. The molecule has 2 atom stereocenters. The van der Waals surface area contributed by atoms with Gasteiger partial charge < -0.3 is 14.7 Å². The second-order valence-corrected chi connectivity index (χ2v) is 5.35. The summed E-state index contributed by atoms with van der Waals surface area (Å²) in [7, 11) is 0. The van der Waals surface area contributed by atoms with Crippen LogP contribution < -0.4 is 4.74 Å². The SMILES string of the molecule is CCCOc1cccc(C(=O)N2CCC(C(=O)O)C2C)c1. The van der Waals surface area contributed by atoms with Crippen molar-refractivity contribution < 1.29 is 19.4 Å². The van der Waals surface area contributed by atoms with Gasteiger partial charge in [-0.1, -0.05) is 13.0 Å². The zero-order valence-corrected chi connectivity index (χ0v) is 12.4. The number of carboxylic acid groups (broad SMARTS) is 1. The zero-order chi connectivity index (χ0) is 15.4. The average Bonchev–Trinajstić information content (AvgIpc) is 2.86. The van der Waals surface area contributed by atoms with Crippen LogP contribution >= 0.6 is 0 Å². The monoisotopic (exact) mass is 291 g/mol. The van der Waals surface area contributed by atoms with Gasteiger partial charge in [0.05, 0.1) is 12.5 Å². The first-order chi connectivity index (χ1) is 10.0. The first-order valence-corrected chi connectivity index (χ1v) is 7.31. The lowest BCUT2D eigenvalue weighted by Gasteiger charge is -2.23. The van der Waals surface area contributed by atoms with Crippen molar-refractivity contribution in [3.63, 3.8) is 0 Å². The molecule has 0 saturated carbocycles. The Labute approximate surface area is 124 Å². The highest BCUT2D eigenvalue weighted by Gasteiger charge is 2.38. The summed E-state index contributed by atoms with van der Waals surface area (Å²) in [6.07, 6.45) is 1.41. The van der Waals surface area contributed by atoms with Crippen molar-refractivity contribution in [2.75, 3.05) is 13.2 Å². The fourth-order valence-corrected chi connectivity index (χ4v) is 2.66. The van der Waals surface area contributed by atoms with Gasteiger partial charge in [-0.05, 0) is 38.0 Å². The van der Waals surface area contributed by atoms with Crippen LogP contribution in [0.25, 0.3) is 0 Å². The molecule has 1 aromatic rings. The number of amides is 1. The van der Waals surface area contributed by atoms with Crippen LogP contribution in [-0.4, -0.2) is 41.1 Å². The number of carbonyl (C=O) groups excluding carboxylic acids is 1. The summed E-state index contributed by atoms with van der Waals surface area (Å²) >= 11 is 0. The van der Waals surface area contributed by atoms with Gasteiger partial charge >= 0.3 is 5.97 Å². The second kappa shape index (κ2) is 6.61. The highest BCUT2D eigenvalue weighted by molar-refractivity contribution is 5.95. The highest BCUT2D eigenvalue weighted by Crippen LogP contribution is 2.26. The minimum absolute atomic E-state index is 0.131. The molecule has 0 radical (unpaired) electrons. The number of benzene rings is 1. The largest absolute Gasteiger partial charge is 0.494 e. The van der Waals surface area contributed by atoms with Crippen LogP contribution in [0, 0.1) is 5.92 Å². The first kappa shape index (κ1) is 15.4. The molecule has 0 bridgehead atoms. The van der Waals surface area contributed by atoms with Crippen molar-refractivity contribution >= 4 is 11.9 Å². The van der Waals surface area contributed by atoms with E-state index in [0.29, 0.717) is 30.9 Å². The number of carboxylic acids is 1. The molecule has 1 saturated heterocycles. The number of hydrogen-bond donors (Lipinski definition) is 1. The van der Waals surface area contributed by atoms with Crippen molar-refractivity contribution in [1.82, 2.24) is 4.90 Å². The molecule has 1 aliphatic heterocycles. The van der Waals surface area contributed by atoms with Crippen LogP contribution in [0.15, 0.2) is 24.3 Å². The van der Waals surface area contributed by atoms with Gasteiger partial charge in [0.1, 0.15) is 5.75 Å². The number of aliphatic carboxylic acids is 1. The van der Waals surface area contributed by atoms with Gasteiger partial charge in [-0.15, -0.1) is 0 Å². The molecule has 5 heteroatoms. The summed E-state index contributed by atoms with van der Waals surface area (Å²) in [6, 6.07) is 6.78. The summed E-state index contributed by atoms with van der Waals surface area (Å²) in [4.78, 5) is 25.3. The molecule has 2 unspecified atom stereocenters. The molecule has 21 heavy (non-hydrogen) atoms. The highest BCUT2D eigenvalue weighted by atomic mass is 16.5. The quantitative estimate of drug-likeness (QED) is 0.904. The average molecular weight is 291 g/mol. The Morgan fingerprint density at radius 2 is 2.19 bits per heavy atom. The van der Waals surface area contributed by atoms with Crippen molar-refractivity contribution in [1.29, 1.82) is 0 Å². The topological polar surface area (TPSA) is 66.8 Å². The van der Waals surface area contributed by atoms with Gasteiger partial charge in [0.25, 0.3) is 5.91 Å². The zero-order valence-electron chi connectivity index (χ0n) is 12.4. The number of ether oxygens (including phenoxy) is 1. The molecule has 1 fully saturated rings. The van der Waals surface area contributed by atoms with Gasteiger partial charge in [0.2, 0.25) is 0 Å². The number of hydrogen-bond acceptors (Lipinski definition) is 3. The van der Waals surface area contributed by atoms with Gasteiger partial charge in [0, 0.05) is 18.2 Å². The van der Waals surface area contributed by atoms with Gasteiger partial charge in [-0.2, -0.15) is 0 Å². The van der Waals surface area contributed by atoms with Crippen LogP contribution in [-0.2, 0) is 4.79 Å². The fraction of sp³-hybridized carbons (Fsp3) is 0.500. The molecule has 1 aromatic carbocycles. The molecule has 114 valence electrons. The predicted octanol–water partition coefficient (Wildman–Crippen LogP) is 2.41. The maximum absolute atomic E-state index is 12.5. The van der Waals surface area contributed by atoms with Gasteiger partial charge in [0.15, 0.2) is 0 Å². The Bertz CT molecular complexity index is 529. The lowest BCUT2D eigenvalue weighted by Crippen LogP contribution is -2.37. The van der Waals surface area contributed by atoms with E-state index in [2.05, 4.69) is 0 Å². The Morgan fingerprint density at radius 3 is 2.81 bits per heavy atom. The van der Waals surface area contributed by atoms with Crippen LogP contribution in [0.1, 0.15) is 37.0 Å². The summed E-state index contributed by atoms with van der Waals surface area (Å²) in [5.41, 5.74) is 0.543. The van der Waals surface area contributed by atoms with Crippen molar-refractivity contribution in [3.05, 3.63) is 29.8 Å². The van der Waals surface area contributed by atoms with Crippen molar-refractivity contribution in [3.8, 4) is 5.75 Å². The van der Waals surface area contributed by atoms with Crippen LogP contribution in [0.3, 0.4) is 0 Å². The van der Waals surface area contributed by atoms with Crippen LogP contribution in [0.4, 0.5) is 0 Å². The number of rotatable bonds is 5. The minimum Gasteiger partial charge on any atom is -0.494 e. The van der Waals surface area contributed by atoms with Gasteiger partial charge in [-0.25, -0.2) is 0 Å². The number of carbonyl (C=O) groups is 2. The van der Waals surface area contributed by atoms with E-state index in [1.54, 1.807) is 30.0 Å². The van der Waals surface area contributed by atoms with E-state index in [-0.39, 0.29) is 11.9 Å². The van der Waals surface area contributed by atoms with E-state index >= 15 is 0 Å². The van der Waals surface area contributed by atoms with Crippen LogP contribution in [0.2, 0.25) is 0 Å². The van der Waals surface area contributed by atoms with Gasteiger partial charge in [-0.3, -0.25) is 9.59 Å². The lowest BCUT2D eigenvalue weighted by molar-refractivity contribution is -0.142. The normalized spacial score (nSPS) is 21.3. The maximum Gasteiger partial charge on any atom is 0.308 e. The van der Waals surface area contributed by atoms with Crippen LogP contribution in [0.5, 0.6) is 5.75 Å². The third-order valence-corrected chi connectivity index (χ3v) is 3.89. The Kier molecular flexibility index (Phi) is 4.83. The third kappa shape index (κ3) is 3.35. The molecule has 0 spiro atoms. The van der Waals surface area contributed by atoms with Crippen molar-refractivity contribution in [2.24, 2.45) is 5.92 Å². The molecule has 1 N–H and O–H groups in total. The van der Waals surface area contributed by atoms with E-state index in [1.165, 1.54) is 0 Å². The second-order valence-electron chi connectivity index (χ2n) is 5.35. The minimum atomic E-state index is -0.835. The predicted molar refractivity (Wildman–Crippen MR) is 78.5 cm³/mol. The first-order valence-electron chi connectivity index (χ1n) is 7.31. The molecular weight excluding hydrogens is 270 g/mol. The Hall–Kier alpha value is -2.04. The molecule has 0 aromatic heterocycles. The summed E-state index contributed by atoms with van der Waals surface area (Å²) in [5.74, 6) is -0.774. The molecule has 2 rings (SSSR count). The standard InChI is InChI=1S/C16H21NO4/c1-3-9-21-13-6-4-5-12(10-13)15(18)17-8-7-14(11(17)2)16(19)20/h4-6,10-11,14H,3,7-9H2,1-2H3,(H,19,20). The van der Waals surface area contributed by atoms with E-state index in [4.69, 9.17) is 9.84 Å². The number of likely N-dealkylation sites (tertiary alicyclic amines) is 1. The summed E-state index contributed by atoms with van der Waals surface area (Å²) in [5, 5.41) is 9.14. The molecule has 1 aliphatic rings. The van der Waals surface area contributed by atoms with Crippen molar-refractivity contribution in [2.45, 2.75) is 32.7 Å². The fourth-order valence-electron chi connectivity index (χ4n) is 2.66. The molecule has 5 nitrogen and oxygen atoms in total. The third-order valence-electron chi connectivity index (χ3n) is 3.89. The summed E-state index contributed by atoms with van der Waals surface area (Å²) < 4.78 is 5.53. The lowest BCUT2D eigenvalue weighted by atomic mass is 10.0. The van der Waals surface area contributed by atoms with E-state index < -0.39 is 11.9 Å². The van der Waals surface area contributed by atoms with E-state index in [1.807, 2.05) is 13.0 Å². The van der Waals surface area contributed by atoms with E-state index in [9.17, 15) is 9.59 Å². The van der Waals surface area contributed by atoms with E-state index in [0.717, 1.165) is 6.42 Å². The molecule has 1 amide bonds. The summed E-state index contributed by atoms with van der Waals surface area (Å²) in [6.45, 7) is 4.91. The molecule has 1 heterocycles. The maximum atomic E-state index is 12.5. The molecule has 0 aliphatic carbocycles. The Morgan fingerprint density at radius 1 is 1.43 bits per heavy atom.